The smallest absolute Gasteiger partial charge is 0.246 e. The second-order valence-electron chi connectivity index (χ2n) is 1.84. The molecular formula is C6H13N2O2. The molecule has 0 atom stereocenters. The van der Waals surface area contributed by atoms with Gasteiger partial charge in [0.15, 0.2) is 0 Å². The van der Waals surface area contributed by atoms with Crippen LogP contribution in [0, 0.1) is 7.11 Å². The van der Waals surface area contributed by atoms with E-state index in [-0.39, 0.29) is 12.5 Å². The van der Waals surface area contributed by atoms with Gasteiger partial charge in [-0.1, -0.05) is 0 Å². The summed E-state index contributed by atoms with van der Waals surface area (Å²) in [4.78, 5) is 10.6. The summed E-state index contributed by atoms with van der Waals surface area (Å²) >= 11 is 0. The molecule has 0 aliphatic heterocycles. The quantitative estimate of drug-likeness (QED) is 0.501. The molecule has 0 aliphatic carbocycles. The van der Waals surface area contributed by atoms with Crippen molar-refractivity contribution >= 4 is 5.91 Å². The molecule has 0 aromatic rings. The Kier molecular flexibility index (Phi) is 6.11. The SMILES string of the molecule is [CH2]OCC(=O)NCCCN. The highest BCUT2D eigenvalue weighted by Crippen LogP contribution is 1.72. The molecule has 4 nitrogen and oxygen atoms in total. The van der Waals surface area contributed by atoms with Crippen LogP contribution in [0.2, 0.25) is 0 Å². The fraction of sp³-hybridized carbons (Fsp3) is 0.667. The molecule has 0 aromatic carbocycles. The summed E-state index contributed by atoms with van der Waals surface area (Å²) in [5, 5.41) is 2.60. The van der Waals surface area contributed by atoms with Gasteiger partial charge in [-0.2, -0.15) is 0 Å². The molecule has 0 bridgehead atoms. The van der Waals surface area contributed by atoms with Crippen molar-refractivity contribution in [3.05, 3.63) is 7.11 Å². The third-order valence-corrected chi connectivity index (χ3v) is 0.936. The number of nitrogens with one attached hydrogen (secondary N) is 1. The Hall–Kier alpha value is -0.610. The van der Waals surface area contributed by atoms with Crippen LogP contribution in [0.25, 0.3) is 0 Å². The van der Waals surface area contributed by atoms with E-state index >= 15 is 0 Å². The summed E-state index contributed by atoms with van der Waals surface area (Å²) in [5.74, 6) is -0.150. The first-order valence-electron chi connectivity index (χ1n) is 3.15. The third-order valence-electron chi connectivity index (χ3n) is 0.936. The van der Waals surface area contributed by atoms with E-state index in [4.69, 9.17) is 5.73 Å². The molecule has 4 heteroatoms. The van der Waals surface area contributed by atoms with Crippen LogP contribution in [0.1, 0.15) is 6.42 Å². The van der Waals surface area contributed by atoms with Crippen LogP contribution in [0.15, 0.2) is 0 Å². The van der Waals surface area contributed by atoms with Gasteiger partial charge < -0.3 is 15.8 Å². The average molecular weight is 145 g/mol. The standard InChI is InChI=1S/C6H13N2O2/c1-10-5-6(9)8-4-2-3-7/h1-5,7H2,(H,8,9). The highest BCUT2D eigenvalue weighted by Gasteiger charge is 1.96. The number of carbonyl (C=O) groups excluding carboxylic acids is 1. The average Bonchev–Trinajstić information content (AvgIpc) is 1.89. The second kappa shape index (κ2) is 6.51. The normalized spacial score (nSPS) is 9.40. The Morgan fingerprint density at radius 1 is 1.70 bits per heavy atom. The number of ether oxygens (including phenoxy) is 1. The molecule has 1 amide bonds. The number of hydrogen-bond donors (Lipinski definition) is 2. The maximum absolute atomic E-state index is 10.6. The Balaban J connectivity index is 3.05. The van der Waals surface area contributed by atoms with Gasteiger partial charge >= 0.3 is 0 Å². The maximum Gasteiger partial charge on any atom is 0.246 e. The summed E-state index contributed by atoms with van der Waals surface area (Å²) in [5.41, 5.74) is 5.19. The lowest BCUT2D eigenvalue weighted by Crippen LogP contribution is -2.28. The Labute approximate surface area is 60.7 Å². The summed E-state index contributed by atoms with van der Waals surface area (Å²) in [6.45, 7) is 1.22. The fourth-order valence-electron chi connectivity index (χ4n) is 0.474. The molecule has 10 heavy (non-hydrogen) atoms. The van der Waals surface area contributed by atoms with Gasteiger partial charge in [0.05, 0.1) is 7.11 Å². The highest BCUT2D eigenvalue weighted by molar-refractivity contribution is 5.77. The molecule has 0 unspecified atom stereocenters. The number of nitrogens with two attached hydrogens (primary N) is 1. The van der Waals surface area contributed by atoms with Gasteiger partial charge in [0.1, 0.15) is 6.61 Å². The predicted octanol–water partition coefficient (Wildman–Crippen LogP) is -0.740. The zero-order chi connectivity index (χ0) is 7.82. The van der Waals surface area contributed by atoms with Crippen LogP contribution < -0.4 is 11.1 Å². The first-order valence-corrected chi connectivity index (χ1v) is 3.15. The van der Waals surface area contributed by atoms with Crippen LogP contribution in [-0.4, -0.2) is 25.6 Å². The van der Waals surface area contributed by atoms with Gasteiger partial charge in [-0.05, 0) is 13.0 Å². The van der Waals surface area contributed by atoms with Crippen molar-refractivity contribution in [2.24, 2.45) is 5.73 Å². The van der Waals surface area contributed by atoms with E-state index in [2.05, 4.69) is 17.2 Å². The number of hydrogen-bond acceptors (Lipinski definition) is 3. The van der Waals surface area contributed by atoms with Crippen molar-refractivity contribution in [1.29, 1.82) is 0 Å². The Morgan fingerprint density at radius 2 is 2.40 bits per heavy atom. The minimum absolute atomic E-state index is 0.0184. The van der Waals surface area contributed by atoms with Gasteiger partial charge in [-0.25, -0.2) is 0 Å². The molecule has 0 aliphatic rings. The van der Waals surface area contributed by atoms with Crippen molar-refractivity contribution in [3.8, 4) is 0 Å². The van der Waals surface area contributed by atoms with Gasteiger partial charge in [0, 0.05) is 6.54 Å². The lowest BCUT2D eigenvalue weighted by Gasteiger charge is -2.01. The predicted molar refractivity (Wildman–Crippen MR) is 38.0 cm³/mol. The first-order chi connectivity index (χ1) is 4.81. The molecule has 0 heterocycles. The van der Waals surface area contributed by atoms with Crippen LogP contribution in [0.4, 0.5) is 0 Å². The van der Waals surface area contributed by atoms with E-state index in [0.29, 0.717) is 13.1 Å². The van der Waals surface area contributed by atoms with E-state index in [1.807, 2.05) is 0 Å². The molecule has 0 saturated heterocycles. The molecule has 0 saturated carbocycles. The lowest BCUT2D eigenvalue weighted by molar-refractivity contribution is -0.124. The van der Waals surface area contributed by atoms with Crippen molar-refractivity contribution in [2.75, 3.05) is 19.7 Å². The van der Waals surface area contributed by atoms with Crippen LogP contribution >= 0.6 is 0 Å². The Bertz CT molecular complexity index is 95.7. The van der Waals surface area contributed by atoms with Crippen LogP contribution in [0.3, 0.4) is 0 Å². The van der Waals surface area contributed by atoms with Crippen molar-refractivity contribution < 1.29 is 9.53 Å². The van der Waals surface area contributed by atoms with E-state index in [1.165, 1.54) is 0 Å². The van der Waals surface area contributed by atoms with E-state index in [1.54, 1.807) is 0 Å². The van der Waals surface area contributed by atoms with Crippen molar-refractivity contribution in [1.82, 2.24) is 5.32 Å². The first kappa shape index (κ1) is 9.39. The molecule has 0 aromatic heterocycles. The summed E-state index contributed by atoms with van der Waals surface area (Å²) < 4.78 is 4.34. The molecule has 0 rings (SSSR count). The van der Waals surface area contributed by atoms with E-state index in [9.17, 15) is 4.79 Å². The van der Waals surface area contributed by atoms with E-state index < -0.39 is 0 Å². The topological polar surface area (TPSA) is 64.3 Å². The monoisotopic (exact) mass is 145 g/mol. The van der Waals surface area contributed by atoms with Gasteiger partial charge in [-0.15, -0.1) is 0 Å². The third kappa shape index (κ3) is 5.53. The fourth-order valence-corrected chi connectivity index (χ4v) is 0.474. The highest BCUT2D eigenvalue weighted by atomic mass is 16.5. The zero-order valence-corrected chi connectivity index (χ0v) is 5.93. The number of rotatable bonds is 5. The molecule has 0 fully saturated rings. The molecule has 59 valence electrons. The zero-order valence-electron chi connectivity index (χ0n) is 5.93. The molecular weight excluding hydrogens is 132 g/mol. The van der Waals surface area contributed by atoms with Crippen LogP contribution in [-0.2, 0) is 9.53 Å². The molecule has 0 spiro atoms. The summed E-state index contributed by atoms with van der Waals surface area (Å²) in [6, 6.07) is 0. The minimum atomic E-state index is -0.150. The van der Waals surface area contributed by atoms with Gasteiger partial charge in [0.2, 0.25) is 5.91 Å². The van der Waals surface area contributed by atoms with Crippen molar-refractivity contribution in [2.45, 2.75) is 6.42 Å². The van der Waals surface area contributed by atoms with Crippen LogP contribution in [0.5, 0.6) is 0 Å². The number of carbonyl (C=O) groups is 1. The van der Waals surface area contributed by atoms with Crippen molar-refractivity contribution in [3.63, 3.8) is 0 Å². The molecule has 1 radical (unpaired) electrons. The largest absolute Gasteiger partial charge is 0.369 e. The van der Waals surface area contributed by atoms with Gasteiger partial charge in [-0.3, -0.25) is 4.79 Å². The maximum atomic E-state index is 10.6. The minimum Gasteiger partial charge on any atom is -0.369 e. The number of amides is 1. The second-order valence-corrected chi connectivity index (χ2v) is 1.84. The lowest BCUT2D eigenvalue weighted by atomic mass is 10.4. The summed E-state index contributed by atoms with van der Waals surface area (Å²) in [6.07, 6.45) is 0.795. The van der Waals surface area contributed by atoms with E-state index in [0.717, 1.165) is 6.42 Å². The molecule has 3 N–H and O–H groups in total. The van der Waals surface area contributed by atoms with Gasteiger partial charge in [0.25, 0.3) is 0 Å². The summed E-state index contributed by atoms with van der Waals surface area (Å²) in [7, 11) is 3.07. The Morgan fingerprint density at radius 3 is 2.90 bits per heavy atom.